The summed E-state index contributed by atoms with van der Waals surface area (Å²) in [7, 11) is 0. The molecule has 2 aromatic carbocycles. The molecule has 0 spiro atoms. The van der Waals surface area contributed by atoms with Gasteiger partial charge in [-0.2, -0.15) is 0 Å². The Bertz CT molecular complexity index is 906. The van der Waals surface area contributed by atoms with Gasteiger partial charge < -0.3 is 0 Å². The fourth-order valence-corrected chi connectivity index (χ4v) is 4.93. The van der Waals surface area contributed by atoms with Crippen LogP contribution in [0.5, 0.6) is 0 Å². The molecule has 0 heteroatoms. The molecule has 0 aliphatic heterocycles. The first kappa shape index (κ1) is 20.2. The monoisotopic (exact) mass is 384 g/mol. The number of hydrogen-bond donors (Lipinski definition) is 0. The van der Waals surface area contributed by atoms with Crippen LogP contribution in [-0.2, 0) is 19.3 Å². The summed E-state index contributed by atoms with van der Waals surface area (Å²) in [5.74, 6) is 0. The van der Waals surface area contributed by atoms with E-state index in [-0.39, 0.29) is 5.41 Å². The highest BCUT2D eigenvalue weighted by Gasteiger charge is 2.24. The van der Waals surface area contributed by atoms with Crippen molar-refractivity contribution in [1.82, 2.24) is 0 Å². The summed E-state index contributed by atoms with van der Waals surface area (Å²) in [6, 6.07) is 14.1. The molecule has 4 rings (SSSR count). The first-order valence-electron chi connectivity index (χ1n) is 11.7. The van der Waals surface area contributed by atoms with E-state index in [1.807, 2.05) is 0 Å². The molecule has 2 aromatic rings. The van der Waals surface area contributed by atoms with E-state index in [0.29, 0.717) is 0 Å². The van der Waals surface area contributed by atoms with Crippen LogP contribution in [-0.4, -0.2) is 0 Å². The zero-order chi connectivity index (χ0) is 20.3. The van der Waals surface area contributed by atoms with E-state index in [2.05, 4.69) is 75.4 Å². The Balaban J connectivity index is 1.47. The van der Waals surface area contributed by atoms with E-state index in [0.717, 1.165) is 19.3 Å². The minimum atomic E-state index is 0.286. The zero-order valence-corrected chi connectivity index (χ0v) is 18.6. The maximum absolute atomic E-state index is 2.44. The van der Waals surface area contributed by atoms with Crippen molar-refractivity contribution in [3.63, 3.8) is 0 Å². The molecule has 0 atom stereocenters. The molecule has 0 amide bonds. The van der Waals surface area contributed by atoms with E-state index < -0.39 is 0 Å². The van der Waals surface area contributed by atoms with Crippen LogP contribution in [0.3, 0.4) is 0 Å². The van der Waals surface area contributed by atoms with Crippen molar-refractivity contribution in [3.8, 4) is 0 Å². The van der Waals surface area contributed by atoms with Gasteiger partial charge in [0.15, 0.2) is 0 Å². The van der Waals surface area contributed by atoms with E-state index in [1.165, 1.54) is 71.9 Å². The Labute approximate surface area is 177 Å². The van der Waals surface area contributed by atoms with Gasteiger partial charge in [-0.25, -0.2) is 0 Å². The van der Waals surface area contributed by atoms with Gasteiger partial charge in [-0.15, -0.1) is 0 Å². The summed E-state index contributed by atoms with van der Waals surface area (Å²) in [6.45, 7) is 6.95. The van der Waals surface area contributed by atoms with Crippen LogP contribution in [0.15, 0.2) is 42.5 Å². The normalized spacial score (nSPS) is 16.9. The molecule has 0 unspecified atom stereocenters. The third-order valence-electron chi connectivity index (χ3n) is 6.70. The lowest BCUT2D eigenvalue weighted by Gasteiger charge is -2.29. The molecule has 0 fully saturated rings. The van der Waals surface area contributed by atoms with Gasteiger partial charge in [0.05, 0.1) is 0 Å². The van der Waals surface area contributed by atoms with Gasteiger partial charge in [0, 0.05) is 0 Å². The molecule has 2 aliphatic rings. The molecular weight excluding hydrogens is 348 g/mol. The number of rotatable bonds is 7. The zero-order valence-electron chi connectivity index (χ0n) is 18.6. The van der Waals surface area contributed by atoms with Crippen LogP contribution in [0.2, 0.25) is 0 Å². The maximum Gasteiger partial charge on any atom is -0.0131 e. The summed E-state index contributed by atoms with van der Waals surface area (Å²) in [4.78, 5) is 0. The average molecular weight is 385 g/mol. The lowest BCUT2D eigenvalue weighted by atomic mass is 9.75. The number of hydrogen-bond acceptors (Lipinski definition) is 0. The van der Waals surface area contributed by atoms with Crippen LogP contribution >= 0.6 is 0 Å². The largest absolute Gasteiger partial charge is 0.0779 e. The molecule has 29 heavy (non-hydrogen) atoms. The van der Waals surface area contributed by atoms with E-state index in [9.17, 15) is 0 Å². The Morgan fingerprint density at radius 3 is 2.45 bits per heavy atom. The molecule has 0 heterocycles. The lowest BCUT2D eigenvalue weighted by Crippen LogP contribution is -2.17. The fraction of sp³-hybridized carbons (Fsp3) is 0.448. The average Bonchev–Trinajstić information content (AvgIpc) is 2.72. The quantitative estimate of drug-likeness (QED) is 0.421. The summed E-state index contributed by atoms with van der Waals surface area (Å²) in [5.41, 5.74) is 10.7. The smallest absolute Gasteiger partial charge is 0.0131 e. The number of aryl methyl sites for hydroxylation is 1. The van der Waals surface area contributed by atoms with Crippen molar-refractivity contribution < 1.29 is 0 Å². The fourth-order valence-electron chi connectivity index (χ4n) is 4.93. The first-order valence-corrected chi connectivity index (χ1v) is 11.7. The van der Waals surface area contributed by atoms with Gasteiger partial charge in [0.1, 0.15) is 0 Å². The van der Waals surface area contributed by atoms with Crippen LogP contribution < -0.4 is 0 Å². The molecule has 0 radical (unpaired) electrons. The number of allylic oxidation sites excluding steroid dienone is 2. The Morgan fingerprint density at radius 2 is 1.66 bits per heavy atom. The Hall–Kier alpha value is -2.08. The molecule has 0 nitrogen and oxygen atoms in total. The number of unbranched alkanes of at least 4 members (excludes halogenated alkanes) is 4. The van der Waals surface area contributed by atoms with Crippen molar-refractivity contribution in [3.05, 3.63) is 75.9 Å². The minimum absolute atomic E-state index is 0.286. The predicted octanol–water partition coefficient (Wildman–Crippen LogP) is 8.28. The van der Waals surface area contributed by atoms with Crippen LogP contribution in [0, 0.1) is 5.41 Å². The minimum Gasteiger partial charge on any atom is -0.0779 e. The highest BCUT2D eigenvalue weighted by molar-refractivity contribution is 5.86. The third kappa shape index (κ3) is 4.74. The van der Waals surface area contributed by atoms with Gasteiger partial charge in [0.2, 0.25) is 0 Å². The van der Waals surface area contributed by atoms with Gasteiger partial charge in [-0.3, -0.25) is 0 Å². The molecule has 152 valence electrons. The van der Waals surface area contributed by atoms with E-state index in [4.69, 9.17) is 0 Å². The van der Waals surface area contributed by atoms with Crippen molar-refractivity contribution in [2.75, 3.05) is 0 Å². The standard InChI is InChI=1S/C29H36/c1-4-5-6-7-8-9-22-10-12-23(13-11-22)24-16-17-27-25(20-24)14-15-26-21-29(2,3)19-18-28(26)27/h10-15,18-20H,4-9,16-17,21H2,1-3H3. The summed E-state index contributed by atoms with van der Waals surface area (Å²) in [5, 5.41) is 0. The van der Waals surface area contributed by atoms with Crippen molar-refractivity contribution in [2.45, 2.75) is 78.6 Å². The van der Waals surface area contributed by atoms with E-state index in [1.54, 1.807) is 5.56 Å². The van der Waals surface area contributed by atoms with Crippen LogP contribution in [0.25, 0.3) is 17.7 Å². The molecule has 0 bridgehead atoms. The third-order valence-corrected chi connectivity index (χ3v) is 6.70. The summed E-state index contributed by atoms with van der Waals surface area (Å²) in [6.07, 6.45) is 18.7. The topological polar surface area (TPSA) is 0 Å². The van der Waals surface area contributed by atoms with Crippen molar-refractivity contribution in [1.29, 1.82) is 0 Å². The lowest BCUT2D eigenvalue weighted by molar-refractivity contribution is 0.474. The van der Waals surface area contributed by atoms with Crippen molar-refractivity contribution >= 4 is 17.7 Å². The summed E-state index contributed by atoms with van der Waals surface area (Å²) >= 11 is 0. The second-order valence-corrected chi connectivity index (χ2v) is 9.74. The van der Waals surface area contributed by atoms with E-state index >= 15 is 0 Å². The molecule has 0 N–H and O–H groups in total. The Kier molecular flexibility index (Phi) is 6.09. The van der Waals surface area contributed by atoms with Crippen LogP contribution in [0.4, 0.5) is 0 Å². The van der Waals surface area contributed by atoms with Crippen molar-refractivity contribution in [2.24, 2.45) is 5.41 Å². The molecule has 0 saturated heterocycles. The second kappa shape index (κ2) is 8.74. The maximum atomic E-state index is 2.44. The highest BCUT2D eigenvalue weighted by Crippen LogP contribution is 2.39. The number of fused-ring (bicyclic) bond motifs is 3. The van der Waals surface area contributed by atoms with Gasteiger partial charge in [0.25, 0.3) is 0 Å². The molecule has 2 aliphatic carbocycles. The SMILES string of the molecule is CCCCCCCc1ccc(C2=Cc3ccc4c(c3CC2)C=CC(C)(C)C4)cc1. The van der Waals surface area contributed by atoms with Gasteiger partial charge >= 0.3 is 0 Å². The summed E-state index contributed by atoms with van der Waals surface area (Å²) < 4.78 is 0. The first-order chi connectivity index (χ1) is 14.1. The second-order valence-electron chi connectivity index (χ2n) is 9.74. The highest BCUT2D eigenvalue weighted by atomic mass is 14.3. The predicted molar refractivity (Wildman–Crippen MR) is 128 cm³/mol. The van der Waals surface area contributed by atoms with Crippen LogP contribution in [0.1, 0.15) is 92.7 Å². The molecule has 0 aromatic heterocycles. The van der Waals surface area contributed by atoms with Gasteiger partial charge in [-0.1, -0.05) is 101 Å². The molecule has 0 saturated carbocycles. The number of benzene rings is 2. The Morgan fingerprint density at radius 1 is 0.862 bits per heavy atom. The molecular formula is C29H36. The van der Waals surface area contributed by atoms with Gasteiger partial charge in [-0.05, 0) is 76.5 Å².